The highest BCUT2D eigenvalue weighted by atomic mass is 19.1. The zero-order chi connectivity index (χ0) is 28.4. The number of anilines is 1. The van der Waals surface area contributed by atoms with Crippen LogP contribution in [0.2, 0.25) is 0 Å². The first-order valence-electron chi connectivity index (χ1n) is 12.5. The molecular weight excluding hydrogens is 518 g/mol. The van der Waals surface area contributed by atoms with E-state index in [9.17, 15) is 18.4 Å². The molecular formula is C30H26F2N4O4. The Labute approximate surface area is 229 Å². The van der Waals surface area contributed by atoms with Crippen molar-refractivity contribution in [1.29, 1.82) is 0 Å². The fourth-order valence-electron chi connectivity index (χ4n) is 4.77. The van der Waals surface area contributed by atoms with Gasteiger partial charge in [-0.2, -0.15) is 0 Å². The molecule has 40 heavy (non-hydrogen) atoms. The molecule has 0 unspecified atom stereocenters. The average Bonchev–Trinajstić information content (AvgIpc) is 3.24. The van der Waals surface area contributed by atoms with E-state index in [1.165, 1.54) is 38.4 Å². The van der Waals surface area contributed by atoms with Crippen molar-refractivity contribution in [3.8, 4) is 22.8 Å². The summed E-state index contributed by atoms with van der Waals surface area (Å²) in [6.45, 7) is 1.78. The van der Waals surface area contributed by atoms with E-state index in [-0.39, 0.29) is 42.6 Å². The Morgan fingerprint density at radius 3 is 2.42 bits per heavy atom. The second-order valence-corrected chi connectivity index (χ2v) is 9.32. The molecule has 1 N–H and O–H groups in total. The zero-order valence-electron chi connectivity index (χ0n) is 22.1. The second-order valence-electron chi connectivity index (χ2n) is 9.32. The minimum Gasteiger partial charge on any atom is -0.497 e. The molecule has 2 amide bonds. The van der Waals surface area contributed by atoms with Gasteiger partial charge in [-0.05, 0) is 48.0 Å². The van der Waals surface area contributed by atoms with Crippen molar-refractivity contribution in [2.75, 3.05) is 19.5 Å². The Hall–Kier alpha value is -4.86. The number of hydrogen-bond donors (Lipinski definition) is 1. The van der Waals surface area contributed by atoms with Crippen LogP contribution in [-0.2, 0) is 24.3 Å². The van der Waals surface area contributed by atoms with Gasteiger partial charge in [0.15, 0.2) is 0 Å². The van der Waals surface area contributed by atoms with E-state index >= 15 is 0 Å². The molecule has 10 heteroatoms. The lowest BCUT2D eigenvalue weighted by atomic mass is 9.98. The first kappa shape index (κ1) is 26.7. The Balaban J connectivity index is 1.54. The molecule has 0 spiro atoms. The minimum atomic E-state index is -0.750. The van der Waals surface area contributed by atoms with E-state index < -0.39 is 11.6 Å². The van der Waals surface area contributed by atoms with Crippen LogP contribution in [0, 0.1) is 11.6 Å². The Morgan fingerprint density at radius 2 is 1.77 bits per heavy atom. The highest BCUT2D eigenvalue weighted by molar-refractivity contribution is 6.00. The van der Waals surface area contributed by atoms with E-state index in [0.717, 1.165) is 5.56 Å². The highest BCUT2D eigenvalue weighted by Gasteiger charge is 2.33. The molecule has 0 saturated heterocycles. The number of ether oxygens (including phenoxy) is 2. The summed E-state index contributed by atoms with van der Waals surface area (Å²) in [5.74, 6) is -0.799. The maximum atomic E-state index is 14.8. The molecule has 0 atom stereocenters. The maximum Gasteiger partial charge on any atom is 0.256 e. The van der Waals surface area contributed by atoms with Crippen LogP contribution in [0.3, 0.4) is 0 Å². The van der Waals surface area contributed by atoms with Gasteiger partial charge in [0.05, 0.1) is 61.7 Å². The molecule has 5 rings (SSSR count). The van der Waals surface area contributed by atoms with Crippen LogP contribution in [0.5, 0.6) is 11.5 Å². The van der Waals surface area contributed by atoms with E-state index in [1.54, 1.807) is 42.3 Å². The van der Waals surface area contributed by atoms with Crippen LogP contribution < -0.4 is 14.8 Å². The van der Waals surface area contributed by atoms with Crippen LogP contribution in [0.4, 0.5) is 14.5 Å². The van der Waals surface area contributed by atoms with Gasteiger partial charge in [-0.3, -0.25) is 14.6 Å². The normalized spacial score (nSPS) is 12.3. The van der Waals surface area contributed by atoms with Crippen LogP contribution in [0.15, 0.2) is 60.8 Å². The second kappa shape index (κ2) is 11.1. The van der Waals surface area contributed by atoms with Gasteiger partial charge in [0, 0.05) is 30.7 Å². The lowest BCUT2D eigenvalue weighted by Gasteiger charge is -2.18. The number of halogens is 2. The topological polar surface area (TPSA) is 93.6 Å². The van der Waals surface area contributed by atoms with Crippen molar-refractivity contribution in [3.05, 3.63) is 101 Å². The van der Waals surface area contributed by atoms with Crippen LogP contribution in [0.1, 0.15) is 39.8 Å². The Bertz CT molecular complexity index is 1590. The third-order valence-electron chi connectivity index (χ3n) is 6.61. The number of pyridine rings is 2. The number of rotatable bonds is 8. The molecule has 0 saturated carbocycles. The summed E-state index contributed by atoms with van der Waals surface area (Å²) in [6, 6.07) is 13.9. The quantitative estimate of drug-likeness (QED) is 0.330. The first-order valence-corrected chi connectivity index (χ1v) is 12.5. The molecule has 8 nitrogen and oxygen atoms in total. The van der Waals surface area contributed by atoms with Crippen LogP contribution in [0.25, 0.3) is 11.3 Å². The summed E-state index contributed by atoms with van der Waals surface area (Å²) in [5, 5.41) is 2.66. The summed E-state index contributed by atoms with van der Waals surface area (Å²) in [4.78, 5) is 35.6. The van der Waals surface area contributed by atoms with E-state index in [1.807, 2.05) is 6.07 Å². The van der Waals surface area contributed by atoms with Gasteiger partial charge in [0.2, 0.25) is 5.91 Å². The lowest BCUT2D eigenvalue weighted by molar-refractivity contribution is -0.114. The van der Waals surface area contributed by atoms with Crippen molar-refractivity contribution >= 4 is 17.5 Å². The molecule has 0 fully saturated rings. The van der Waals surface area contributed by atoms with Gasteiger partial charge in [0.25, 0.3) is 5.91 Å². The van der Waals surface area contributed by atoms with Crippen molar-refractivity contribution in [2.45, 2.75) is 26.4 Å². The van der Waals surface area contributed by atoms with Crippen LogP contribution in [-0.4, -0.2) is 40.9 Å². The van der Waals surface area contributed by atoms with E-state index in [2.05, 4.69) is 15.3 Å². The van der Waals surface area contributed by atoms with Gasteiger partial charge in [-0.15, -0.1) is 0 Å². The predicted octanol–water partition coefficient (Wildman–Crippen LogP) is 5.14. The van der Waals surface area contributed by atoms with Gasteiger partial charge >= 0.3 is 0 Å². The third-order valence-corrected chi connectivity index (χ3v) is 6.61. The predicted molar refractivity (Wildman–Crippen MR) is 144 cm³/mol. The monoisotopic (exact) mass is 544 g/mol. The first-order chi connectivity index (χ1) is 19.3. The Morgan fingerprint density at radius 1 is 1.00 bits per heavy atom. The third kappa shape index (κ3) is 5.33. The number of amides is 2. The van der Waals surface area contributed by atoms with Crippen molar-refractivity contribution in [3.63, 3.8) is 0 Å². The standard InChI is InChI=1S/C30H26F2N4O4/c1-17(37)34-21-9-8-20(33-14-21)11-19-12-25(29-23(31)5-4-6-24(29)32)35-26-16-36(30(38)28(19)26)15-18-7-10-22(39-2)13-27(18)40-3/h4-10,12-14H,11,15-16H2,1-3H3,(H,34,37). The number of nitrogens with one attached hydrogen (secondary N) is 1. The molecule has 2 aromatic heterocycles. The number of nitrogens with zero attached hydrogens (tertiary/aromatic N) is 3. The summed E-state index contributed by atoms with van der Waals surface area (Å²) >= 11 is 0. The number of benzene rings is 2. The number of aromatic nitrogens is 2. The SMILES string of the molecule is COc1ccc(CN2Cc3nc(-c4c(F)cccc4F)cc(Cc4ccc(NC(C)=O)cn4)c3C2=O)c(OC)c1. The number of fused-ring (bicyclic) bond motifs is 1. The molecule has 0 bridgehead atoms. The Kier molecular flexibility index (Phi) is 7.41. The minimum absolute atomic E-state index is 0.0934. The molecule has 1 aliphatic heterocycles. The lowest BCUT2D eigenvalue weighted by Crippen LogP contribution is -2.24. The summed E-state index contributed by atoms with van der Waals surface area (Å²) < 4.78 is 40.3. The number of carbonyl (C=O) groups excluding carboxylic acids is 2. The molecule has 204 valence electrons. The number of hydrogen-bond acceptors (Lipinski definition) is 6. The summed E-state index contributed by atoms with van der Waals surface area (Å²) in [7, 11) is 3.10. The fourth-order valence-corrected chi connectivity index (χ4v) is 4.77. The number of methoxy groups -OCH3 is 2. The fraction of sp³-hybridized carbons (Fsp3) is 0.200. The van der Waals surface area contributed by atoms with Crippen molar-refractivity contribution in [2.24, 2.45) is 0 Å². The van der Waals surface area contributed by atoms with Gasteiger partial charge in [-0.25, -0.2) is 13.8 Å². The van der Waals surface area contributed by atoms with Gasteiger partial charge in [0.1, 0.15) is 23.1 Å². The molecule has 4 aromatic rings. The van der Waals surface area contributed by atoms with E-state index in [0.29, 0.717) is 39.7 Å². The summed E-state index contributed by atoms with van der Waals surface area (Å²) in [5.41, 5.74) is 3.06. The highest BCUT2D eigenvalue weighted by Crippen LogP contribution is 2.34. The average molecular weight is 545 g/mol. The summed E-state index contributed by atoms with van der Waals surface area (Å²) in [6.07, 6.45) is 1.72. The largest absolute Gasteiger partial charge is 0.497 e. The van der Waals surface area contributed by atoms with Crippen LogP contribution >= 0.6 is 0 Å². The van der Waals surface area contributed by atoms with Crippen molar-refractivity contribution < 1.29 is 27.8 Å². The zero-order valence-corrected chi connectivity index (χ0v) is 22.1. The molecule has 2 aromatic carbocycles. The maximum absolute atomic E-state index is 14.8. The molecule has 3 heterocycles. The number of carbonyl (C=O) groups is 2. The van der Waals surface area contributed by atoms with E-state index in [4.69, 9.17) is 9.47 Å². The van der Waals surface area contributed by atoms with Gasteiger partial charge < -0.3 is 19.7 Å². The smallest absolute Gasteiger partial charge is 0.256 e. The van der Waals surface area contributed by atoms with Gasteiger partial charge in [-0.1, -0.05) is 6.07 Å². The molecule has 0 radical (unpaired) electrons. The molecule has 0 aliphatic carbocycles. The van der Waals surface area contributed by atoms with Crippen molar-refractivity contribution in [1.82, 2.24) is 14.9 Å². The molecule has 1 aliphatic rings.